The second-order valence-electron chi connectivity index (χ2n) is 26.2. The molecule has 2 saturated heterocycles. The number of hydrogen-bond acceptors (Lipinski definition) is 19. The predicted octanol–water partition coefficient (Wildman–Crippen LogP) is 4.25. The maximum Gasteiger partial charge on any atom is 1.00 e. The van der Waals surface area contributed by atoms with Gasteiger partial charge in [0.05, 0.1) is 44.2 Å². The third-order valence-electron chi connectivity index (χ3n) is 14.9. The van der Waals surface area contributed by atoms with Gasteiger partial charge in [-0.3, -0.25) is 24.0 Å². The van der Waals surface area contributed by atoms with Gasteiger partial charge >= 0.3 is 160 Å². The van der Waals surface area contributed by atoms with Crippen LogP contribution in [0.3, 0.4) is 0 Å². The molecule has 4 N–H and O–H groups in total. The smallest absolute Gasteiger partial charge is 0.505 e. The number of alkyl halides is 3. The van der Waals surface area contributed by atoms with Crippen LogP contribution in [0.5, 0.6) is 5.75 Å². The van der Waals surface area contributed by atoms with E-state index in [2.05, 4.69) is 166 Å². The Morgan fingerprint density at radius 1 is 0.556 bits per heavy atom. The van der Waals surface area contributed by atoms with Crippen molar-refractivity contribution in [2.45, 2.75) is 91.3 Å². The van der Waals surface area contributed by atoms with Crippen molar-refractivity contribution >= 4 is 62.5 Å². The number of hydrogen-bond donors (Lipinski definition) is 4. The largest absolute Gasteiger partial charge is 1.00 e. The van der Waals surface area contributed by atoms with E-state index in [1.165, 1.54) is 28.8 Å². The van der Waals surface area contributed by atoms with Gasteiger partial charge in [-0.2, -0.15) is 107 Å². The van der Waals surface area contributed by atoms with Crippen molar-refractivity contribution in [1.82, 2.24) is 39.8 Å². The minimum Gasteiger partial charge on any atom is -0.505 e. The average molecular weight is 1610 g/mol. The van der Waals surface area contributed by atoms with E-state index in [9.17, 15) is 42.3 Å². The number of carbonyl (C=O) groups is 3. The molecule has 0 radical (unpaired) electrons. The number of aromatic hydroxyl groups is 1. The fourth-order valence-electron chi connectivity index (χ4n) is 9.28. The van der Waals surface area contributed by atoms with Crippen LogP contribution in [-0.4, -0.2) is 115 Å². The molecule has 24 nitrogen and oxygen atoms in total. The third kappa shape index (κ3) is 29.7. The molecule has 8 heterocycles. The Morgan fingerprint density at radius 2 is 1.06 bits per heavy atom. The quantitative estimate of drug-likeness (QED) is 0.104. The first-order valence-corrected chi connectivity index (χ1v) is 33.6. The van der Waals surface area contributed by atoms with Gasteiger partial charge in [0.1, 0.15) is 17.1 Å². The molecule has 5 aromatic carbocycles. The number of rotatable bonds is 11. The summed E-state index contributed by atoms with van der Waals surface area (Å²) in [5.41, 5.74) is 0.383. The molecule has 0 aliphatic carbocycles. The van der Waals surface area contributed by atoms with E-state index in [4.69, 9.17) is 28.0 Å². The summed E-state index contributed by atoms with van der Waals surface area (Å²) in [5, 5.41) is 32.1. The minimum atomic E-state index is -4.61. The molecule has 0 unspecified atom stereocenters. The summed E-state index contributed by atoms with van der Waals surface area (Å²) in [7, 11) is 0. The Morgan fingerprint density at radius 3 is 1.54 bits per heavy atom. The van der Waals surface area contributed by atoms with Crippen molar-refractivity contribution in [3.63, 3.8) is 0 Å². The molecule has 31 heteroatoms. The predicted molar refractivity (Wildman–Crippen MR) is 390 cm³/mol. The van der Waals surface area contributed by atoms with Crippen LogP contribution in [0.2, 0.25) is 0 Å². The van der Waals surface area contributed by atoms with Crippen LogP contribution in [0.1, 0.15) is 122 Å². The molecule has 0 atom stereocenters. The van der Waals surface area contributed by atoms with E-state index < -0.39 is 40.6 Å². The summed E-state index contributed by atoms with van der Waals surface area (Å²) >= 11 is 3.37. The Kier molecular flexibility index (Phi) is 38.0. The van der Waals surface area contributed by atoms with Gasteiger partial charge in [-0.15, -0.1) is 48.9 Å². The van der Waals surface area contributed by atoms with Gasteiger partial charge < -0.3 is 58.5 Å². The van der Waals surface area contributed by atoms with Crippen LogP contribution in [0.15, 0.2) is 198 Å². The minimum absolute atomic E-state index is 0. The SMILES string of the molecule is CC(C)(C)c1c[c-]no1.CC(C)(C)c1c[c-]no1.CC(C)(C)c1c[c-]no1.O=C(Nc1c[c-]ccc1)c1cc(Br)cn(Cc2ccccc2)c1=O.O=C(Nc1cc[c-]cc1)c1cc(N2CCOCC2)nc(N2CCOCC2)n1.O=C(Nc1cc[c-]cc1)c1nn(-c2cccc(C(F)(F)F)c2)c(=O)cc1O.[K+].[K+].[K+]. The number of nitrogens with zero attached hydrogens (tertiary/aromatic N) is 10. The van der Waals surface area contributed by atoms with Crippen molar-refractivity contribution in [2.24, 2.45) is 0 Å². The van der Waals surface area contributed by atoms with Crippen LogP contribution in [0.4, 0.5) is 42.0 Å². The van der Waals surface area contributed by atoms with Gasteiger partial charge in [-0.25, -0.2) is 20.5 Å². The average Bonchev–Trinajstić information content (AvgIpc) is 1.21. The van der Waals surface area contributed by atoms with E-state index in [0.29, 0.717) is 90.0 Å². The van der Waals surface area contributed by atoms with Gasteiger partial charge in [0.15, 0.2) is 11.4 Å². The van der Waals surface area contributed by atoms with Crippen molar-refractivity contribution in [2.75, 3.05) is 78.4 Å². The van der Waals surface area contributed by atoms with Crippen molar-refractivity contribution in [3.05, 3.63) is 277 Å². The van der Waals surface area contributed by atoms with Crippen LogP contribution in [-0.2, 0) is 38.4 Å². The van der Waals surface area contributed by atoms with Crippen molar-refractivity contribution < 1.29 is 210 Å². The summed E-state index contributed by atoms with van der Waals surface area (Å²) in [6.45, 7) is 24.5. The molecule has 11 aromatic rings. The second-order valence-corrected chi connectivity index (χ2v) is 27.1. The fraction of sp³-hybridized carbons (Fsp3) is 0.286. The Bertz CT molecular complexity index is 4520. The third-order valence-corrected chi connectivity index (χ3v) is 15.3. The molecule has 2 fully saturated rings. The first-order valence-electron chi connectivity index (χ1n) is 32.8. The molecular formula is C77H77BrF3K3N13O11-3. The molecular weight excluding hydrogens is 1540 g/mol. The zero-order valence-electron chi connectivity index (χ0n) is 62.0. The number of amides is 3. The molecule has 0 bridgehead atoms. The van der Waals surface area contributed by atoms with Crippen LogP contribution in [0.25, 0.3) is 5.69 Å². The summed E-state index contributed by atoms with van der Waals surface area (Å²) < 4.78 is 67.0. The van der Waals surface area contributed by atoms with E-state index in [0.717, 1.165) is 60.0 Å². The van der Waals surface area contributed by atoms with E-state index in [-0.39, 0.29) is 193 Å². The summed E-state index contributed by atoms with van der Waals surface area (Å²) in [6.07, 6.45) is 4.93. The number of carbonyl (C=O) groups excluding carboxylic acids is 3. The Balaban J connectivity index is 0.000000245. The van der Waals surface area contributed by atoms with Crippen LogP contribution >= 0.6 is 15.9 Å². The van der Waals surface area contributed by atoms with Crippen molar-refractivity contribution in [3.8, 4) is 11.4 Å². The Labute approximate surface area is 760 Å². The number of halogens is 4. The van der Waals surface area contributed by atoms with Crippen LogP contribution in [0, 0.1) is 36.8 Å². The van der Waals surface area contributed by atoms with Gasteiger partial charge in [-0.1, -0.05) is 116 Å². The molecule has 0 saturated carbocycles. The standard InChI is InChI=1S/C19H14BrN2O2.C19H22N5O3.C18H11F3N3O3.3C7H10NO.3K/c20-15-11-17(18(23)21-16-9-5-2-6-10-16)19(24)22(13-15)12-14-7-3-1-4-8-14;25-18(20-15-4-2-1-3-5-15)16-14-17(23-6-10-26-11-7-23)22-19(21-16)24-8-12-27-13-9-24;19-18(20,21)11-5-4-8-13(9-11)24-15(26)10-14(25)16(23-24)17(27)22-12-6-2-1-3-7-12;3*1-7(2,3)6-4-5-8-9-6;;;/h1-5,7-11,13H,12H2,(H,21,23);2-5,14H,6-13H2,(H,20,25);2-10,25H,(H,22,27);3*4H,1-3H3;;;/q6*-1;3*+1. The van der Waals surface area contributed by atoms with E-state index >= 15 is 0 Å². The molecule has 550 valence electrons. The van der Waals surface area contributed by atoms with Gasteiger partial charge in [-0.05, 0) is 79.3 Å². The molecule has 108 heavy (non-hydrogen) atoms. The number of pyridine rings is 1. The summed E-state index contributed by atoms with van der Waals surface area (Å²) in [4.78, 5) is 75.7. The zero-order chi connectivity index (χ0) is 75.7. The first kappa shape index (κ1) is 92.2. The van der Waals surface area contributed by atoms with Gasteiger partial charge in [0.2, 0.25) is 11.9 Å². The normalized spacial score (nSPS) is 12.5. The number of ether oxygens (including phenoxy) is 2. The van der Waals surface area contributed by atoms with Crippen molar-refractivity contribution in [1.29, 1.82) is 0 Å². The summed E-state index contributed by atoms with van der Waals surface area (Å²) in [5.74, 6) is 1.72. The zero-order valence-corrected chi connectivity index (χ0v) is 73.0. The number of aromatic nitrogens is 8. The van der Waals surface area contributed by atoms with Gasteiger partial charge in [0.25, 0.3) is 22.9 Å². The summed E-state index contributed by atoms with van der Waals surface area (Å²) in [6, 6.07) is 51.6. The van der Waals surface area contributed by atoms with E-state index in [1.54, 1.807) is 91.1 Å². The number of benzene rings is 5. The molecule has 6 aromatic heterocycles. The molecule has 3 amide bonds. The second kappa shape index (κ2) is 44.6. The topological polar surface area (TPSA) is 293 Å². The number of morpholine rings is 2. The molecule has 2 aliphatic heterocycles. The maximum absolute atomic E-state index is 12.9. The van der Waals surface area contributed by atoms with Gasteiger partial charge in [0, 0.05) is 49.0 Å². The maximum atomic E-state index is 12.9. The monoisotopic (exact) mass is 1610 g/mol. The Hall–Kier alpha value is -6.45. The first-order chi connectivity index (χ1) is 50.0. The number of nitrogens with one attached hydrogen (secondary N) is 3. The molecule has 0 spiro atoms. The number of anilines is 5. The molecule has 2 aliphatic rings. The van der Waals surface area contributed by atoms with E-state index in [1.807, 2.05) is 30.3 Å². The van der Waals surface area contributed by atoms with Crippen LogP contribution < -0.4 is 191 Å². The fourth-order valence-corrected chi connectivity index (χ4v) is 9.76. The molecule has 13 rings (SSSR count).